The van der Waals surface area contributed by atoms with Crippen molar-refractivity contribution in [2.75, 3.05) is 29.7 Å². The van der Waals surface area contributed by atoms with E-state index in [1.54, 1.807) is 36.2 Å². The Kier molecular flexibility index (Phi) is 6.69. The first-order valence-corrected chi connectivity index (χ1v) is 9.89. The van der Waals surface area contributed by atoms with E-state index in [2.05, 4.69) is 4.99 Å². The molecule has 1 unspecified atom stereocenters. The van der Waals surface area contributed by atoms with E-state index in [4.69, 9.17) is 10.5 Å². The molecule has 1 fully saturated rings. The summed E-state index contributed by atoms with van der Waals surface area (Å²) in [5, 5.41) is 0. The van der Waals surface area contributed by atoms with Gasteiger partial charge in [0.2, 0.25) is 5.91 Å². The van der Waals surface area contributed by atoms with Crippen molar-refractivity contribution in [3.63, 3.8) is 0 Å². The van der Waals surface area contributed by atoms with Crippen LogP contribution in [0.2, 0.25) is 0 Å². The first-order valence-electron chi connectivity index (χ1n) is 9.89. The number of nitrogens with two attached hydrogens (primary N) is 1. The van der Waals surface area contributed by atoms with Crippen molar-refractivity contribution < 1.29 is 23.1 Å². The number of hydrogen-bond donors (Lipinski definition) is 1. The molecule has 0 saturated heterocycles. The highest BCUT2D eigenvalue weighted by atomic mass is 19.1. The van der Waals surface area contributed by atoms with Crippen LogP contribution in [0.4, 0.5) is 25.0 Å². The number of allylic oxidation sites excluding steroid dienone is 1. The fourth-order valence-corrected chi connectivity index (χ4v) is 3.39. The Morgan fingerprint density at radius 1 is 1.30 bits per heavy atom. The van der Waals surface area contributed by atoms with Gasteiger partial charge in [0.25, 0.3) is 0 Å². The van der Waals surface area contributed by atoms with Crippen LogP contribution >= 0.6 is 0 Å². The third-order valence-electron chi connectivity index (χ3n) is 5.07. The molecule has 0 aromatic heterocycles. The molecule has 9 heteroatoms. The maximum Gasteiger partial charge on any atom is 0.414 e. The molecule has 1 aliphatic heterocycles. The van der Waals surface area contributed by atoms with Gasteiger partial charge in [0.1, 0.15) is 13.3 Å². The molecule has 1 heterocycles. The fraction of sp³-hybridized carbons (Fsp3) is 0.476. The zero-order valence-corrected chi connectivity index (χ0v) is 17.1. The Morgan fingerprint density at radius 2 is 2.00 bits per heavy atom. The van der Waals surface area contributed by atoms with Crippen molar-refractivity contribution >= 4 is 35.2 Å². The topological polar surface area (TPSA) is 88.2 Å². The summed E-state index contributed by atoms with van der Waals surface area (Å²) in [6.07, 6.45) is 2.89. The Balaban J connectivity index is 2.00. The zero-order valence-electron chi connectivity index (χ0n) is 17.1. The number of benzene rings is 1. The van der Waals surface area contributed by atoms with E-state index in [1.165, 1.54) is 18.0 Å². The number of amides is 2. The first-order chi connectivity index (χ1) is 14.4. The maximum absolute atomic E-state index is 12.9. The van der Waals surface area contributed by atoms with Crippen molar-refractivity contribution in [2.24, 2.45) is 10.7 Å². The molecule has 1 aliphatic carbocycles. The molecule has 0 bridgehead atoms. The summed E-state index contributed by atoms with van der Waals surface area (Å²) in [6, 6.07) is 5.19. The van der Waals surface area contributed by atoms with Crippen molar-refractivity contribution in [1.82, 2.24) is 0 Å². The minimum atomic E-state index is -1.46. The SMILES string of the molecule is CC(=O)N1c2ccc(C(C=NC3CC3)=CN)cc2N(C(=O)OC(CF)CF)CC1C. The highest BCUT2D eigenvalue weighted by Crippen LogP contribution is 2.38. The molecule has 1 aromatic carbocycles. The first kappa shape index (κ1) is 21.7. The van der Waals surface area contributed by atoms with Gasteiger partial charge >= 0.3 is 6.09 Å². The van der Waals surface area contributed by atoms with E-state index in [0.29, 0.717) is 28.6 Å². The van der Waals surface area contributed by atoms with Crippen LogP contribution in [0, 0.1) is 0 Å². The Hall–Kier alpha value is -2.97. The number of aliphatic imine (C=N–C) groups is 1. The summed E-state index contributed by atoms with van der Waals surface area (Å²) in [4.78, 5) is 32.2. The Labute approximate surface area is 174 Å². The molecule has 1 atom stereocenters. The number of hydrogen-bond acceptors (Lipinski definition) is 5. The number of halogens is 2. The van der Waals surface area contributed by atoms with Gasteiger partial charge in [-0.05, 0) is 37.5 Å². The maximum atomic E-state index is 12.9. The molecular weight excluding hydrogens is 394 g/mol. The molecule has 3 rings (SSSR count). The number of fused-ring (bicyclic) bond motifs is 1. The van der Waals surface area contributed by atoms with Gasteiger partial charge in [-0.25, -0.2) is 13.6 Å². The minimum absolute atomic E-state index is 0.123. The number of nitrogens with zero attached hydrogens (tertiary/aromatic N) is 3. The van der Waals surface area contributed by atoms with Crippen LogP contribution in [0.1, 0.15) is 32.3 Å². The normalized spacial score (nSPS) is 19.4. The van der Waals surface area contributed by atoms with E-state index >= 15 is 0 Å². The highest BCUT2D eigenvalue weighted by molar-refractivity contribution is 6.11. The molecule has 1 saturated carbocycles. The van der Waals surface area contributed by atoms with Gasteiger partial charge in [0.15, 0.2) is 6.10 Å². The van der Waals surface area contributed by atoms with Crippen LogP contribution in [-0.4, -0.2) is 56.3 Å². The molecule has 0 spiro atoms. The summed E-state index contributed by atoms with van der Waals surface area (Å²) in [5.41, 5.74) is 8.05. The molecule has 7 nitrogen and oxygen atoms in total. The second-order valence-corrected chi connectivity index (χ2v) is 7.50. The zero-order chi connectivity index (χ0) is 21.8. The summed E-state index contributed by atoms with van der Waals surface area (Å²) >= 11 is 0. The molecule has 0 radical (unpaired) electrons. The molecule has 2 N–H and O–H groups in total. The summed E-state index contributed by atoms with van der Waals surface area (Å²) in [5.74, 6) is -0.181. The van der Waals surface area contributed by atoms with Gasteiger partial charge in [-0.2, -0.15) is 0 Å². The molecular formula is C21H26F2N4O3. The molecule has 2 amide bonds. The lowest BCUT2D eigenvalue weighted by Gasteiger charge is -2.40. The van der Waals surface area contributed by atoms with E-state index in [0.717, 1.165) is 12.8 Å². The summed E-state index contributed by atoms with van der Waals surface area (Å²) < 4.78 is 30.7. The largest absolute Gasteiger partial charge is 0.440 e. The van der Waals surface area contributed by atoms with Gasteiger partial charge in [-0.3, -0.25) is 14.7 Å². The second kappa shape index (κ2) is 9.23. The van der Waals surface area contributed by atoms with Gasteiger partial charge in [-0.15, -0.1) is 0 Å². The summed E-state index contributed by atoms with van der Waals surface area (Å²) in [7, 11) is 0. The summed E-state index contributed by atoms with van der Waals surface area (Å²) in [6.45, 7) is 1.12. The van der Waals surface area contributed by atoms with Crippen LogP contribution in [0.3, 0.4) is 0 Å². The number of anilines is 2. The Bertz CT molecular complexity index is 866. The van der Waals surface area contributed by atoms with Crippen LogP contribution in [0.25, 0.3) is 5.57 Å². The lowest BCUT2D eigenvalue weighted by Crippen LogP contribution is -2.52. The van der Waals surface area contributed by atoms with Crippen molar-refractivity contribution in [1.29, 1.82) is 0 Å². The van der Waals surface area contributed by atoms with Crippen LogP contribution in [0.5, 0.6) is 0 Å². The Morgan fingerprint density at radius 3 is 2.57 bits per heavy atom. The van der Waals surface area contributed by atoms with Crippen LogP contribution in [0.15, 0.2) is 29.4 Å². The smallest absolute Gasteiger partial charge is 0.414 e. The van der Waals surface area contributed by atoms with Gasteiger partial charge < -0.3 is 15.4 Å². The van der Waals surface area contributed by atoms with Crippen molar-refractivity contribution in [2.45, 2.75) is 44.9 Å². The van der Waals surface area contributed by atoms with E-state index < -0.39 is 25.5 Å². The fourth-order valence-electron chi connectivity index (χ4n) is 3.39. The molecule has 162 valence electrons. The predicted molar refractivity (Wildman–Crippen MR) is 112 cm³/mol. The number of ether oxygens (including phenoxy) is 1. The lowest BCUT2D eigenvalue weighted by atomic mass is 10.0. The quantitative estimate of drug-likeness (QED) is 0.716. The third kappa shape index (κ3) is 4.60. The van der Waals surface area contributed by atoms with Gasteiger partial charge in [0, 0.05) is 31.5 Å². The second-order valence-electron chi connectivity index (χ2n) is 7.50. The molecule has 30 heavy (non-hydrogen) atoms. The van der Waals surface area contributed by atoms with Gasteiger partial charge in [-0.1, -0.05) is 6.07 Å². The van der Waals surface area contributed by atoms with Crippen molar-refractivity contribution in [3.8, 4) is 0 Å². The standard InChI is InChI=1S/C21H26F2N4O3/c1-13-12-26(21(29)30-18(8-22)9-23)20-7-15(3-6-19(20)27(13)14(2)28)16(10-24)11-25-17-4-5-17/h3,6-7,10-11,13,17-18H,4-5,8-9,12,24H2,1-2H3. The number of carbonyl (C=O) groups is 2. The predicted octanol–water partition coefficient (Wildman–Crippen LogP) is 3.23. The molecule has 1 aromatic rings. The van der Waals surface area contributed by atoms with Crippen LogP contribution in [-0.2, 0) is 9.53 Å². The van der Waals surface area contributed by atoms with Gasteiger partial charge in [0.05, 0.1) is 23.5 Å². The average Bonchev–Trinajstić information content (AvgIpc) is 3.55. The van der Waals surface area contributed by atoms with Crippen molar-refractivity contribution in [3.05, 3.63) is 30.0 Å². The van der Waals surface area contributed by atoms with E-state index in [1.807, 2.05) is 0 Å². The number of rotatable bonds is 6. The minimum Gasteiger partial charge on any atom is -0.440 e. The number of carbonyl (C=O) groups excluding carboxylic acids is 2. The molecule has 2 aliphatic rings. The third-order valence-corrected chi connectivity index (χ3v) is 5.07. The lowest BCUT2D eigenvalue weighted by molar-refractivity contribution is -0.117. The number of alkyl halides is 2. The average molecular weight is 420 g/mol. The van der Waals surface area contributed by atoms with Crippen LogP contribution < -0.4 is 15.5 Å². The highest BCUT2D eigenvalue weighted by Gasteiger charge is 2.35. The van der Waals surface area contributed by atoms with E-state index in [-0.39, 0.29) is 18.5 Å². The van der Waals surface area contributed by atoms with E-state index in [9.17, 15) is 18.4 Å². The monoisotopic (exact) mass is 420 g/mol.